The lowest BCUT2D eigenvalue weighted by molar-refractivity contribution is 0.0933. The molecule has 0 saturated heterocycles. The van der Waals surface area contributed by atoms with Crippen LogP contribution in [-0.2, 0) is 13.0 Å². The first-order chi connectivity index (χ1) is 9.15. The fourth-order valence-electron chi connectivity index (χ4n) is 2.03. The molecule has 5 heteroatoms. The molecule has 19 heavy (non-hydrogen) atoms. The van der Waals surface area contributed by atoms with Crippen molar-refractivity contribution >= 4 is 5.91 Å². The number of rotatable bonds is 8. The molecule has 1 atom stereocenters. The van der Waals surface area contributed by atoms with Gasteiger partial charge in [-0.25, -0.2) is 0 Å². The Labute approximate surface area is 115 Å². The third-order valence-electron chi connectivity index (χ3n) is 3.39. The second-order valence-corrected chi connectivity index (χ2v) is 4.69. The molecule has 2 N–H and O–H groups in total. The van der Waals surface area contributed by atoms with E-state index in [0.29, 0.717) is 24.7 Å². The van der Waals surface area contributed by atoms with E-state index in [1.165, 1.54) is 0 Å². The molecule has 1 aromatic heterocycles. The Morgan fingerprint density at radius 3 is 2.74 bits per heavy atom. The number of hydrogen-bond donors (Lipinski definition) is 2. The second-order valence-electron chi connectivity index (χ2n) is 4.69. The third kappa shape index (κ3) is 4.35. The van der Waals surface area contributed by atoms with Crippen molar-refractivity contribution in [2.45, 2.75) is 46.6 Å². The van der Waals surface area contributed by atoms with Gasteiger partial charge in [0.1, 0.15) is 5.69 Å². The Kier molecular flexibility index (Phi) is 6.56. The van der Waals surface area contributed by atoms with Crippen LogP contribution in [0.25, 0.3) is 0 Å². The van der Waals surface area contributed by atoms with Crippen LogP contribution in [0.4, 0.5) is 0 Å². The van der Waals surface area contributed by atoms with Crippen LogP contribution in [0.1, 0.15) is 49.8 Å². The molecule has 0 bridgehead atoms. The van der Waals surface area contributed by atoms with Crippen LogP contribution in [0.5, 0.6) is 0 Å². The number of hydrogen-bond acceptors (Lipinski definition) is 3. The molecule has 0 aliphatic rings. The number of amides is 1. The molecule has 1 amide bonds. The Bertz CT molecular complexity index is 401. The highest BCUT2D eigenvalue weighted by Gasteiger charge is 2.15. The van der Waals surface area contributed by atoms with Crippen LogP contribution in [0.2, 0.25) is 0 Å². The van der Waals surface area contributed by atoms with Gasteiger partial charge >= 0.3 is 0 Å². The van der Waals surface area contributed by atoms with Gasteiger partial charge in [0.25, 0.3) is 5.91 Å². The molecule has 0 saturated carbocycles. The molecule has 0 aromatic carbocycles. The van der Waals surface area contributed by atoms with Crippen molar-refractivity contribution in [3.05, 3.63) is 17.5 Å². The molecule has 0 radical (unpaired) electrons. The van der Waals surface area contributed by atoms with Gasteiger partial charge in [0.05, 0.1) is 5.69 Å². The molecule has 0 spiro atoms. The minimum atomic E-state index is -0.0783. The van der Waals surface area contributed by atoms with E-state index in [2.05, 4.69) is 17.3 Å². The Morgan fingerprint density at radius 2 is 2.21 bits per heavy atom. The molecule has 0 fully saturated rings. The standard InChI is InChI=1S/C14H25N3O2/c1-4-11(7-8-18)10-15-14(19)13-9-12(5-2)16-17(13)6-3/h9,11,18H,4-8,10H2,1-3H3,(H,15,19). The minimum absolute atomic E-state index is 0.0783. The van der Waals surface area contributed by atoms with Gasteiger partial charge < -0.3 is 10.4 Å². The van der Waals surface area contributed by atoms with Crippen molar-refractivity contribution in [3.8, 4) is 0 Å². The Balaban J connectivity index is 2.64. The first-order valence-corrected chi connectivity index (χ1v) is 7.11. The molecule has 1 rings (SSSR count). The van der Waals surface area contributed by atoms with Gasteiger partial charge in [0, 0.05) is 19.7 Å². The maximum atomic E-state index is 12.1. The van der Waals surface area contributed by atoms with Crippen LogP contribution in [-0.4, -0.2) is 33.9 Å². The molecule has 5 nitrogen and oxygen atoms in total. The zero-order valence-corrected chi connectivity index (χ0v) is 12.1. The van der Waals surface area contributed by atoms with Crippen molar-refractivity contribution in [1.82, 2.24) is 15.1 Å². The van der Waals surface area contributed by atoms with Gasteiger partial charge in [-0.2, -0.15) is 5.10 Å². The van der Waals surface area contributed by atoms with Crippen LogP contribution >= 0.6 is 0 Å². The number of aliphatic hydroxyl groups is 1. The van der Waals surface area contributed by atoms with Crippen molar-refractivity contribution in [2.75, 3.05) is 13.2 Å². The average molecular weight is 267 g/mol. The van der Waals surface area contributed by atoms with Gasteiger partial charge in [0.2, 0.25) is 0 Å². The van der Waals surface area contributed by atoms with Crippen LogP contribution < -0.4 is 5.32 Å². The number of aromatic nitrogens is 2. The van der Waals surface area contributed by atoms with E-state index in [9.17, 15) is 4.79 Å². The molecule has 108 valence electrons. The van der Waals surface area contributed by atoms with Crippen molar-refractivity contribution in [3.63, 3.8) is 0 Å². The molecule has 0 aliphatic heterocycles. The van der Waals surface area contributed by atoms with Gasteiger partial charge in [-0.05, 0) is 31.7 Å². The van der Waals surface area contributed by atoms with Crippen LogP contribution in [0.3, 0.4) is 0 Å². The van der Waals surface area contributed by atoms with Gasteiger partial charge in [0.15, 0.2) is 0 Å². The summed E-state index contributed by atoms with van der Waals surface area (Å²) >= 11 is 0. The van der Waals surface area contributed by atoms with Gasteiger partial charge in [-0.3, -0.25) is 9.48 Å². The zero-order chi connectivity index (χ0) is 14.3. The lowest BCUT2D eigenvalue weighted by atomic mass is 10.0. The lowest BCUT2D eigenvalue weighted by Gasteiger charge is -2.14. The molecule has 1 unspecified atom stereocenters. The summed E-state index contributed by atoms with van der Waals surface area (Å²) in [5, 5.41) is 16.2. The van der Waals surface area contributed by atoms with E-state index < -0.39 is 0 Å². The van der Waals surface area contributed by atoms with E-state index in [1.807, 2.05) is 19.9 Å². The minimum Gasteiger partial charge on any atom is -0.396 e. The highest BCUT2D eigenvalue weighted by molar-refractivity contribution is 5.92. The SMILES string of the molecule is CCc1cc(C(=O)NCC(CC)CCO)n(CC)n1. The highest BCUT2D eigenvalue weighted by atomic mass is 16.3. The van der Waals surface area contributed by atoms with Crippen LogP contribution in [0.15, 0.2) is 6.07 Å². The predicted molar refractivity (Wildman–Crippen MR) is 75.1 cm³/mol. The lowest BCUT2D eigenvalue weighted by Crippen LogP contribution is -2.31. The summed E-state index contributed by atoms with van der Waals surface area (Å²) in [6, 6.07) is 1.85. The molecular formula is C14H25N3O2. The number of aliphatic hydroxyl groups excluding tert-OH is 1. The maximum Gasteiger partial charge on any atom is 0.269 e. The van der Waals surface area contributed by atoms with E-state index >= 15 is 0 Å². The van der Waals surface area contributed by atoms with E-state index in [1.54, 1.807) is 4.68 Å². The van der Waals surface area contributed by atoms with Crippen molar-refractivity contribution in [2.24, 2.45) is 5.92 Å². The first-order valence-electron chi connectivity index (χ1n) is 7.11. The molecule has 1 aromatic rings. The number of aryl methyl sites for hydroxylation is 2. The highest BCUT2D eigenvalue weighted by Crippen LogP contribution is 2.08. The fraction of sp³-hybridized carbons (Fsp3) is 0.714. The van der Waals surface area contributed by atoms with Crippen molar-refractivity contribution < 1.29 is 9.90 Å². The van der Waals surface area contributed by atoms with Crippen LogP contribution in [0, 0.1) is 5.92 Å². The quantitative estimate of drug-likeness (QED) is 0.752. The Morgan fingerprint density at radius 1 is 1.47 bits per heavy atom. The summed E-state index contributed by atoms with van der Waals surface area (Å²) in [5.74, 6) is 0.253. The summed E-state index contributed by atoms with van der Waals surface area (Å²) < 4.78 is 1.74. The normalized spacial score (nSPS) is 12.4. The zero-order valence-electron chi connectivity index (χ0n) is 12.1. The van der Waals surface area contributed by atoms with Crippen molar-refractivity contribution in [1.29, 1.82) is 0 Å². The second kappa shape index (κ2) is 7.94. The van der Waals surface area contributed by atoms with E-state index in [-0.39, 0.29) is 12.5 Å². The number of carbonyl (C=O) groups excluding carboxylic acids is 1. The monoisotopic (exact) mass is 267 g/mol. The largest absolute Gasteiger partial charge is 0.396 e. The summed E-state index contributed by atoms with van der Waals surface area (Å²) in [4.78, 5) is 12.1. The van der Waals surface area contributed by atoms with E-state index in [4.69, 9.17) is 5.11 Å². The summed E-state index contributed by atoms with van der Waals surface area (Å²) in [6.45, 7) is 7.53. The average Bonchev–Trinajstić information content (AvgIpc) is 2.86. The maximum absolute atomic E-state index is 12.1. The molecule has 1 heterocycles. The Hall–Kier alpha value is -1.36. The predicted octanol–water partition coefficient (Wildman–Crippen LogP) is 1.60. The summed E-state index contributed by atoms with van der Waals surface area (Å²) in [7, 11) is 0. The summed E-state index contributed by atoms with van der Waals surface area (Å²) in [6.07, 6.45) is 2.51. The van der Waals surface area contributed by atoms with Gasteiger partial charge in [-0.15, -0.1) is 0 Å². The number of nitrogens with zero attached hydrogens (tertiary/aromatic N) is 2. The van der Waals surface area contributed by atoms with E-state index in [0.717, 1.165) is 25.0 Å². The molecular weight excluding hydrogens is 242 g/mol. The topological polar surface area (TPSA) is 67.2 Å². The third-order valence-corrected chi connectivity index (χ3v) is 3.39. The smallest absolute Gasteiger partial charge is 0.269 e. The van der Waals surface area contributed by atoms with Gasteiger partial charge in [-0.1, -0.05) is 20.3 Å². The number of carbonyl (C=O) groups is 1. The molecule has 0 aliphatic carbocycles. The first kappa shape index (κ1) is 15.7. The number of nitrogens with one attached hydrogen (secondary N) is 1. The fourth-order valence-corrected chi connectivity index (χ4v) is 2.03. The summed E-state index contributed by atoms with van der Waals surface area (Å²) in [5.41, 5.74) is 1.56.